The van der Waals surface area contributed by atoms with Crippen LogP contribution in [0.5, 0.6) is 0 Å². The molecule has 5 aliphatic carbocycles. The molecule has 6 aliphatic heterocycles. The van der Waals surface area contributed by atoms with Gasteiger partial charge in [0, 0.05) is 0 Å². The lowest BCUT2D eigenvalue weighted by Gasteiger charge is -2.71. The molecule has 11 rings (SSSR count). The molecule has 6 saturated heterocycles. The van der Waals surface area contributed by atoms with Gasteiger partial charge < -0.3 is 144 Å². The number of aliphatic hydroxyl groups is 17. The molecule has 17 N–H and O–H groups in total. The van der Waals surface area contributed by atoms with Crippen molar-refractivity contribution in [2.24, 2.45) is 50.2 Å². The Morgan fingerprint density at radius 1 is 0.495 bits per heavy atom. The maximum Gasteiger partial charge on any atom is 0.315 e. The van der Waals surface area contributed by atoms with Gasteiger partial charge >= 0.3 is 5.97 Å². The van der Waals surface area contributed by atoms with Crippen molar-refractivity contribution in [3.8, 4) is 0 Å². The first-order valence-corrected chi connectivity index (χ1v) is 34.0. The maximum absolute atomic E-state index is 15.3. The zero-order valence-corrected chi connectivity index (χ0v) is 55.4. The zero-order chi connectivity index (χ0) is 69.3. The molecule has 0 spiro atoms. The third-order valence-corrected chi connectivity index (χ3v) is 25.2. The van der Waals surface area contributed by atoms with Crippen molar-refractivity contribution >= 4 is 5.97 Å². The normalized spacial score (nSPS) is 54.6. The summed E-state index contributed by atoms with van der Waals surface area (Å²) in [6.45, 7) is 16.2. The molecule has 0 unspecified atom stereocenters. The van der Waals surface area contributed by atoms with E-state index in [0.717, 1.165) is 19.3 Å². The third kappa shape index (κ3) is 12.9. The molecule has 6 heterocycles. The Morgan fingerprint density at radius 3 is 1.63 bits per heavy atom. The second-order valence-corrected chi connectivity index (χ2v) is 31.4. The number of esters is 1. The van der Waals surface area contributed by atoms with Crippen molar-refractivity contribution in [2.75, 3.05) is 26.4 Å². The van der Waals surface area contributed by atoms with Gasteiger partial charge in [0.25, 0.3) is 0 Å². The van der Waals surface area contributed by atoms with Crippen LogP contribution >= 0.6 is 0 Å². The number of aliphatic hydroxyl groups excluding tert-OH is 17. The van der Waals surface area contributed by atoms with E-state index in [9.17, 15) is 86.8 Å². The van der Waals surface area contributed by atoms with Crippen LogP contribution in [0, 0.1) is 50.2 Å². The van der Waals surface area contributed by atoms with E-state index in [-0.39, 0.29) is 40.6 Å². The molecule has 10 fully saturated rings. The van der Waals surface area contributed by atoms with Gasteiger partial charge in [0.1, 0.15) is 128 Å². The summed E-state index contributed by atoms with van der Waals surface area (Å²) in [5.41, 5.74) is -1.58. The van der Waals surface area contributed by atoms with Crippen LogP contribution in [0.4, 0.5) is 0 Å². The van der Waals surface area contributed by atoms with Crippen LogP contribution in [0.1, 0.15) is 127 Å². The average molecular weight is 1370 g/mol. The largest absolute Gasteiger partial charge is 0.432 e. The quantitative estimate of drug-likeness (QED) is 0.0426. The van der Waals surface area contributed by atoms with Gasteiger partial charge in [-0.1, -0.05) is 60.1 Å². The Balaban J connectivity index is 0.779. The Bertz CT molecular complexity index is 2670. The zero-order valence-electron chi connectivity index (χ0n) is 55.4. The van der Waals surface area contributed by atoms with Crippen LogP contribution in [-0.4, -0.2) is 303 Å². The summed E-state index contributed by atoms with van der Waals surface area (Å²) in [5.74, 6) is -0.696. The van der Waals surface area contributed by atoms with Gasteiger partial charge in [-0.25, -0.2) is 0 Å². The molecule has 37 atom stereocenters. The summed E-state index contributed by atoms with van der Waals surface area (Å²) in [6, 6.07) is 0. The van der Waals surface area contributed by atoms with Gasteiger partial charge in [-0.15, -0.1) is 0 Å². The van der Waals surface area contributed by atoms with Crippen molar-refractivity contribution in [1.29, 1.82) is 0 Å². The van der Waals surface area contributed by atoms with Crippen LogP contribution < -0.4 is 0 Å². The minimum atomic E-state index is -1.91. The highest BCUT2D eigenvalue weighted by molar-refractivity contribution is 5.79. The predicted molar refractivity (Wildman–Crippen MR) is 319 cm³/mol. The SMILES string of the molecule is C[C@@H]1O[C@H](O[C@H]2[C@H](O)[C@H](O)[C@H](OC[C@H]3O[C@@H](OC(=O)[C@@]45CCC(C)(C)C[C@@H]4C4=CC[C@@H]6[C@@]7(C)CC[C@H](O[C@@H]8OC[C@H](O[C@@H]9O[C@H](CO)[C@@H](O)[C@H](O)[C@H]9O)[C@H](O)[C@H]8O[C@@H]8O[C@H](C)[C@H](O)[C@@H](O)[C@H]8O)C(C)(C)[C@H]7CC[C@@]6(C)[C@]4(C)CC5)[C@H](O)[C@@H](O)[C@@H]3O)O[C@@H]2CO)[C@H](O)[C@H](O)[C@H]1O. The lowest BCUT2D eigenvalue weighted by atomic mass is 9.33. The number of carbonyl (C=O) groups excluding carboxylic acids is 1. The highest BCUT2D eigenvalue weighted by Crippen LogP contribution is 2.76. The molecule has 0 bridgehead atoms. The van der Waals surface area contributed by atoms with E-state index in [1.807, 2.05) is 0 Å². The fraction of sp³-hybridized carbons (Fsp3) is 0.954. The smallest absolute Gasteiger partial charge is 0.315 e. The topological polar surface area (TPSA) is 472 Å². The summed E-state index contributed by atoms with van der Waals surface area (Å²) in [6.07, 6.45) is -38.3. The summed E-state index contributed by atoms with van der Waals surface area (Å²) < 4.78 is 72.0. The molecule has 30 nitrogen and oxygen atoms in total. The van der Waals surface area contributed by atoms with Crippen molar-refractivity contribution in [1.82, 2.24) is 0 Å². The van der Waals surface area contributed by atoms with Gasteiger partial charge in [0.15, 0.2) is 31.5 Å². The summed E-state index contributed by atoms with van der Waals surface area (Å²) in [4.78, 5) is 15.3. The van der Waals surface area contributed by atoms with Crippen molar-refractivity contribution in [3.05, 3.63) is 11.6 Å². The first-order chi connectivity index (χ1) is 44.5. The number of allylic oxidation sites excluding steroid dienone is 2. The number of fused-ring (bicyclic) bond motifs is 7. The van der Waals surface area contributed by atoms with E-state index in [1.165, 1.54) is 19.4 Å². The third-order valence-electron chi connectivity index (χ3n) is 25.2. The van der Waals surface area contributed by atoms with E-state index in [0.29, 0.717) is 44.9 Å². The fourth-order valence-electron chi connectivity index (χ4n) is 19.0. The second-order valence-electron chi connectivity index (χ2n) is 31.4. The molecule has 0 aromatic carbocycles. The Labute approximate surface area is 551 Å². The molecule has 0 radical (unpaired) electrons. The number of rotatable bonds is 15. The van der Waals surface area contributed by atoms with Crippen LogP contribution in [0.25, 0.3) is 0 Å². The summed E-state index contributed by atoms with van der Waals surface area (Å²) in [7, 11) is 0. The molecule has 4 saturated carbocycles. The van der Waals surface area contributed by atoms with Crippen molar-refractivity contribution < 1.29 is 148 Å². The van der Waals surface area contributed by atoms with Crippen molar-refractivity contribution in [3.63, 3.8) is 0 Å². The summed E-state index contributed by atoms with van der Waals surface area (Å²) in [5, 5.41) is 184. The first kappa shape index (κ1) is 74.3. The molecule has 0 amide bonds. The van der Waals surface area contributed by atoms with E-state index < -0.39 is 226 Å². The van der Waals surface area contributed by atoms with Gasteiger partial charge in [-0.3, -0.25) is 4.79 Å². The van der Waals surface area contributed by atoms with Gasteiger partial charge in [0.05, 0.1) is 50.2 Å². The van der Waals surface area contributed by atoms with Gasteiger partial charge in [0.2, 0.25) is 6.29 Å². The molecular formula is C65H106O30. The lowest BCUT2D eigenvalue weighted by Crippen LogP contribution is -2.66. The second kappa shape index (κ2) is 27.7. The highest BCUT2D eigenvalue weighted by atomic mass is 16.8. The molecule has 30 heteroatoms. The van der Waals surface area contributed by atoms with Gasteiger partial charge in [-0.2, -0.15) is 0 Å². The minimum absolute atomic E-state index is 0.0735. The number of hydrogen-bond donors (Lipinski definition) is 17. The van der Waals surface area contributed by atoms with Gasteiger partial charge in [-0.05, 0) is 123 Å². The van der Waals surface area contributed by atoms with Crippen LogP contribution in [0.15, 0.2) is 11.6 Å². The molecule has 95 heavy (non-hydrogen) atoms. The van der Waals surface area contributed by atoms with Crippen LogP contribution in [0.3, 0.4) is 0 Å². The highest BCUT2D eigenvalue weighted by Gasteiger charge is 2.71. The Kier molecular flexibility index (Phi) is 21.7. The van der Waals surface area contributed by atoms with E-state index >= 15 is 4.79 Å². The number of ether oxygens (including phenoxy) is 12. The lowest BCUT2D eigenvalue weighted by molar-refractivity contribution is -0.380. The molecule has 11 aliphatic rings. The number of hydrogen-bond acceptors (Lipinski definition) is 30. The summed E-state index contributed by atoms with van der Waals surface area (Å²) >= 11 is 0. The fourth-order valence-corrected chi connectivity index (χ4v) is 19.0. The molecule has 0 aromatic heterocycles. The van der Waals surface area contributed by atoms with E-state index in [1.54, 1.807) is 0 Å². The predicted octanol–water partition coefficient (Wildman–Crippen LogP) is -3.69. The molecule has 0 aromatic rings. The monoisotopic (exact) mass is 1370 g/mol. The van der Waals surface area contributed by atoms with Crippen LogP contribution in [0.2, 0.25) is 0 Å². The average Bonchev–Trinajstić information content (AvgIpc) is 0.676. The number of carbonyl (C=O) groups is 1. The molecule has 546 valence electrons. The van der Waals surface area contributed by atoms with E-state index in [4.69, 9.17) is 56.8 Å². The van der Waals surface area contributed by atoms with Crippen molar-refractivity contribution in [2.45, 2.75) is 311 Å². The van der Waals surface area contributed by atoms with Crippen LogP contribution in [-0.2, 0) is 61.6 Å². The van der Waals surface area contributed by atoms with E-state index in [2.05, 4.69) is 54.5 Å². The standard InChI is InChI=1S/C65H106O30/c1-25-36(68)41(73)46(78)54(86-25)93-51-30(22-67)89-53(50(82)45(51)77)84-23-31-39(71)44(76)49(81)57(90-31)95-59(83)65-18-16-60(3,4)20-28(65)27-10-11-34-62(7)14-13-35(61(5,6)33(62)12-15-64(34,9)63(27,8)17-19-65)92-58-52(94-55-47(79)42(74)37(69)26(2)87-55)40(72)32(24-85-58)91-56-48(80)43(75)38(70)29(21-66)88-56/h10,25-26,28-58,66-82H,11-24H2,1-9H3/t25-,26+,28+,29+,30+,31+,32-,33+,34+,35-,36-,37-,38+,39+,40-,41+,42+,43-,44-,45+,46+,47+,48+,49+,50-,51+,52+,53+,54+,55-,56-,57-,58-,62-,63+,64+,65+/m0/s1. The molecular weight excluding hydrogens is 1260 g/mol. The minimum Gasteiger partial charge on any atom is -0.432 e. The Hall–Kier alpha value is -1.91. The first-order valence-electron chi connectivity index (χ1n) is 34.0. The Morgan fingerprint density at radius 2 is 1.02 bits per heavy atom. The maximum atomic E-state index is 15.3.